The van der Waals surface area contributed by atoms with Gasteiger partial charge >= 0.3 is 0 Å². The Bertz CT molecular complexity index is 745. The Labute approximate surface area is 139 Å². The molecule has 2 rings (SSSR count). The fourth-order valence-electron chi connectivity index (χ4n) is 2.51. The predicted octanol–water partition coefficient (Wildman–Crippen LogP) is 3.44. The Balaban J connectivity index is 2.19. The molecule has 23 heavy (non-hydrogen) atoms. The number of aromatic nitrogens is 4. The lowest BCUT2D eigenvalue weighted by atomic mass is 10.0. The fraction of sp³-hybridized carbons (Fsp3) is 0.500. The fourth-order valence-corrected chi connectivity index (χ4v) is 3.30. The van der Waals surface area contributed by atoms with Crippen LogP contribution in [0.3, 0.4) is 0 Å². The van der Waals surface area contributed by atoms with E-state index in [1.165, 1.54) is 18.7 Å². The normalized spacial score (nSPS) is 12.7. The van der Waals surface area contributed by atoms with Crippen LogP contribution in [0.5, 0.6) is 0 Å². The van der Waals surface area contributed by atoms with Crippen LogP contribution in [0.15, 0.2) is 5.16 Å². The van der Waals surface area contributed by atoms with E-state index in [4.69, 9.17) is 0 Å². The molecule has 2 heterocycles. The lowest BCUT2D eigenvalue weighted by Crippen LogP contribution is -2.15. The van der Waals surface area contributed by atoms with Gasteiger partial charge in [-0.25, -0.2) is 4.98 Å². The molecule has 1 atom stereocenters. The number of rotatable bonds is 6. The van der Waals surface area contributed by atoms with Gasteiger partial charge in [0.25, 0.3) is 0 Å². The Morgan fingerprint density at radius 3 is 2.30 bits per heavy atom. The summed E-state index contributed by atoms with van der Waals surface area (Å²) in [4.78, 5) is 31.8. The molecule has 0 saturated heterocycles. The van der Waals surface area contributed by atoms with Crippen LogP contribution in [-0.4, -0.2) is 37.0 Å². The Morgan fingerprint density at radius 1 is 1.17 bits per heavy atom. The number of carbonyl (C=O) groups is 2. The van der Waals surface area contributed by atoms with E-state index < -0.39 is 0 Å². The summed E-state index contributed by atoms with van der Waals surface area (Å²) in [7, 11) is 0. The summed E-state index contributed by atoms with van der Waals surface area (Å²) in [5, 5.41) is 7.23. The molecule has 0 fully saturated rings. The highest BCUT2D eigenvalue weighted by Crippen LogP contribution is 2.26. The molecule has 2 aromatic heterocycles. The second kappa shape index (κ2) is 6.70. The SMILES string of the molecule is CC(=O)c1c(C)[nH]c(C(=O)[C@H](C)Sc2n[nH]c(C(C)C)n2)c1C. The molecule has 6 nitrogen and oxygen atoms in total. The van der Waals surface area contributed by atoms with Gasteiger partial charge in [-0.15, -0.1) is 5.10 Å². The number of carbonyl (C=O) groups excluding carboxylic acids is 2. The summed E-state index contributed by atoms with van der Waals surface area (Å²) < 4.78 is 0. The number of aryl methyl sites for hydroxylation is 1. The first-order valence-corrected chi connectivity index (χ1v) is 8.43. The van der Waals surface area contributed by atoms with Crippen molar-refractivity contribution in [2.24, 2.45) is 0 Å². The highest BCUT2D eigenvalue weighted by molar-refractivity contribution is 8.00. The summed E-state index contributed by atoms with van der Waals surface area (Å²) in [6.07, 6.45) is 0. The van der Waals surface area contributed by atoms with Crippen molar-refractivity contribution in [1.82, 2.24) is 20.2 Å². The summed E-state index contributed by atoms with van der Waals surface area (Å²) in [6.45, 7) is 11.0. The highest BCUT2D eigenvalue weighted by Gasteiger charge is 2.25. The van der Waals surface area contributed by atoms with E-state index in [1.807, 2.05) is 27.7 Å². The van der Waals surface area contributed by atoms with Crippen LogP contribution in [0.4, 0.5) is 0 Å². The Hall–Kier alpha value is -1.89. The minimum Gasteiger partial charge on any atom is -0.355 e. The third-order valence-corrected chi connectivity index (χ3v) is 4.68. The standard InChI is InChI=1S/C16H22N4O2S/c1-7(2)15-18-16(20-19-15)23-11(6)14(22)13-8(3)12(10(5)21)9(4)17-13/h7,11,17H,1-6H3,(H,18,19,20)/t11-/m0/s1. The van der Waals surface area contributed by atoms with E-state index in [0.29, 0.717) is 22.0 Å². The minimum atomic E-state index is -0.345. The van der Waals surface area contributed by atoms with E-state index in [-0.39, 0.29) is 22.7 Å². The summed E-state index contributed by atoms with van der Waals surface area (Å²) in [5.41, 5.74) is 2.54. The Kier molecular flexibility index (Phi) is 5.09. The first-order chi connectivity index (χ1) is 10.7. The van der Waals surface area contributed by atoms with Crippen molar-refractivity contribution in [2.75, 3.05) is 0 Å². The van der Waals surface area contributed by atoms with Gasteiger partial charge in [-0.3, -0.25) is 14.7 Å². The van der Waals surface area contributed by atoms with Gasteiger partial charge in [0.05, 0.1) is 10.9 Å². The van der Waals surface area contributed by atoms with Crippen molar-refractivity contribution in [3.8, 4) is 0 Å². The third-order valence-electron chi connectivity index (χ3n) is 3.72. The molecule has 7 heteroatoms. The molecule has 0 spiro atoms. The zero-order valence-electron chi connectivity index (χ0n) is 14.3. The number of hydrogen-bond donors (Lipinski definition) is 2. The van der Waals surface area contributed by atoms with Crippen LogP contribution < -0.4 is 0 Å². The quantitative estimate of drug-likeness (QED) is 0.623. The van der Waals surface area contributed by atoms with Crippen LogP contribution >= 0.6 is 11.8 Å². The van der Waals surface area contributed by atoms with Crippen molar-refractivity contribution in [3.05, 3.63) is 28.3 Å². The molecule has 124 valence electrons. The van der Waals surface area contributed by atoms with Gasteiger partial charge in [0, 0.05) is 17.2 Å². The number of nitrogens with zero attached hydrogens (tertiary/aromatic N) is 2. The summed E-state index contributed by atoms with van der Waals surface area (Å²) in [6, 6.07) is 0. The number of ketones is 2. The predicted molar refractivity (Wildman–Crippen MR) is 90.4 cm³/mol. The molecular formula is C16H22N4O2S. The molecule has 2 N–H and O–H groups in total. The number of H-pyrrole nitrogens is 2. The maximum absolute atomic E-state index is 12.7. The lowest BCUT2D eigenvalue weighted by molar-refractivity contribution is 0.0988. The highest BCUT2D eigenvalue weighted by atomic mass is 32.2. The molecule has 0 aromatic carbocycles. The molecule has 0 saturated carbocycles. The topological polar surface area (TPSA) is 91.5 Å². The minimum absolute atomic E-state index is 0.0360. The monoisotopic (exact) mass is 334 g/mol. The first-order valence-electron chi connectivity index (χ1n) is 7.55. The van der Waals surface area contributed by atoms with Crippen LogP contribution in [0, 0.1) is 13.8 Å². The molecule has 2 aromatic rings. The molecule has 0 aliphatic rings. The third kappa shape index (κ3) is 3.55. The smallest absolute Gasteiger partial charge is 0.209 e. The van der Waals surface area contributed by atoms with Gasteiger partial charge in [-0.1, -0.05) is 25.6 Å². The van der Waals surface area contributed by atoms with Crippen molar-refractivity contribution >= 4 is 23.3 Å². The van der Waals surface area contributed by atoms with E-state index in [0.717, 1.165) is 11.5 Å². The molecule has 0 amide bonds. The van der Waals surface area contributed by atoms with Crippen molar-refractivity contribution in [1.29, 1.82) is 0 Å². The number of thioether (sulfide) groups is 1. The molecule has 0 unspecified atom stereocenters. The van der Waals surface area contributed by atoms with E-state index in [2.05, 4.69) is 20.2 Å². The average Bonchev–Trinajstić information content (AvgIpc) is 3.02. The second-order valence-electron chi connectivity index (χ2n) is 5.96. The molecule has 0 radical (unpaired) electrons. The van der Waals surface area contributed by atoms with Gasteiger partial charge in [-0.05, 0) is 33.3 Å². The molecule has 0 aliphatic heterocycles. The zero-order valence-corrected chi connectivity index (χ0v) is 15.1. The average molecular weight is 334 g/mol. The van der Waals surface area contributed by atoms with Crippen LogP contribution in [0.25, 0.3) is 0 Å². The van der Waals surface area contributed by atoms with Gasteiger partial charge in [0.2, 0.25) is 5.16 Å². The first kappa shape index (κ1) is 17.5. The zero-order chi connectivity index (χ0) is 17.3. The number of aromatic amines is 2. The maximum Gasteiger partial charge on any atom is 0.209 e. The lowest BCUT2D eigenvalue weighted by Gasteiger charge is -2.07. The van der Waals surface area contributed by atoms with Crippen LogP contribution in [0.1, 0.15) is 71.5 Å². The van der Waals surface area contributed by atoms with E-state index in [9.17, 15) is 9.59 Å². The molecule has 0 aliphatic carbocycles. The van der Waals surface area contributed by atoms with Crippen molar-refractivity contribution in [3.63, 3.8) is 0 Å². The molecular weight excluding hydrogens is 312 g/mol. The Morgan fingerprint density at radius 2 is 1.83 bits per heavy atom. The molecule has 0 bridgehead atoms. The van der Waals surface area contributed by atoms with E-state index >= 15 is 0 Å². The van der Waals surface area contributed by atoms with Gasteiger partial charge in [0.15, 0.2) is 11.6 Å². The summed E-state index contributed by atoms with van der Waals surface area (Å²) in [5.74, 6) is 0.970. The van der Waals surface area contributed by atoms with Gasteiger partial charge in [0.1, 0.15) is 5.82 Å². The van der Waals surface area contributed by atoms with E-state index in [1.54, 1.807) is 6.92 Å². The number of Topliss-reactive ketones (excluding diaryl/α,β-unsaturated/α-hetero) is 2. The number of hydrogen-bond acceptors (Lipinski definition) is 5. The van der Waals surface area contributed by atoms with Crippen LogP contribution in [0.2, 0.25) is 0 Å². The van der Waals surface area contributed by atoms with Gasteiger partial charge in [-0.2, -0.15) is 0 Å². The van der Waals surface area contributed by atoms with Crippen molar-refractivity contribution in [2.45, 2.75) is 57.9 Å². The summed E-state index contributed by atoms with van der Waals surface area (Å²) >= 11 is 1.31. The largest absolute Gasteiger partial charge is 0.355 e. The van der Waals surface area contributed by atoms with Crippen molar-refractivity contribution < 1.29 is 9.59 Å². The number of nitrogens with one attached hydrogen (secondary N) is 2. The maximum atomic E-state index is 12.7. The second-order valence-corrected chi connectivity index (χ2v) is 7.27. The van der Waals surface area contributed by atoms with Crippen LogP contribution in [-0.2, 0) is 0 Å². The van der Waals surface area contributed by atoms with Gasteiger partial charge < -0.3 is 4.98 Å².